The van der Waals surface area contributed by atoms with Crippen LogP contribution in [0.15, 0.2) is 36.4 Å². The number of hydrogen-bond donors (Lipinski definition) is 0. The largest absolute Gasteiger partial charge is 0.372 e. The van der Waals surface area contributed by atoms with Gasteiger partial charge < -0.3 is 9.80 Å². The van der Waals surface area contributed by atoms with Gasteiger partial charge in [-0.2, -0.15) is 0 Å². The molecule has 0 aromatic heterocycles. The maximum absolute atomic E-state index is 2.55. The molecule has 2 heteroatoms. The number of fused-ring (bicyclic) bond motifs is 5. The van der Waals surface area contributed by atoms with Crippen LogP contribution in [0, 0.1) is 6.92 Å². The van der Waals surface area contributed by atoms with E-state index in [1.165, 1.54) is 33.6 Å². The van der Waals surface area contributed by atoms with E-state index in [0.717, 1.165) is 19.5 Å². The molecule has 2 aliphatic rings. The summed E-state index contributed by atoms with van der Waals surface area (Å²) < 4.78 is 0. The zero-order chi connectivity index (χ0) is 18.0. The van der Waals surface area contributed by atoms with E-state index in [4.69, 9.17) is 0 Å². The monoisotopic (exact) mass is 334 g/mol. The molecule has 2 aromatic carbocycles. The number of anilines is 2. The van der Waals surface area contributed by atoms with E-state index in [-0.39, 0.29) is 11.0 Å². The second kappa shape index (κ2) is 5.27. The van der Waals surface area contributed by atoms with Crippen molar-refractivity contribution in [1.82, 2.24) is 0 Å². The third kappa shape index (κ3) is 1.86. The van der Waals surface area contributed by atoms with E-state index < -0.39 is 0 Å². The van der Waals surface area contributed by atoms with E-state index in [1.807, 2.05) is 0 Å². The highest BCUT2D eigenvalue weighted by atomic mass is 15.2. The average Bonchev–Trinajstić information content (AvgIpc) is 2.93. The molecule has 0 bridgehead atoms. The van der Waals surface area contributed by atoms with E-state index >= 15 is 0 Å². The Hall–Kier alpha value is -1.96. The van der Waals surface area contributed by atoms with Crippen LogP contribution in [0.25, 0.3) is 0 Å². The molecular formula is C23H30N2. The standard InChI is InChI=1S/C23H30N2/c1-7-25(8-2)18-13-16(3)21-20(14-18)22(4)15-17-11-9-10-12-19(17)23(22,5)24(21)6/h9-14H,7-8,15H2,1-6H3/t22-,23-/m1/s1. The Bertz CT molecular complexity index is 836. The molecule has 0 saturated carbocycles. The fourth-order valence-electron chi connectivity index (χ4n) is 5.53. The topological polar surface area (TPSA) is 6.48 Å². The zero-order valence-electron chi connectivity index (χ0n) is 16.5. The summed E-state index contributed by atoms with van der Waals surface area (Å²) in [6.07, 6.45) is 1.12. The van der Waals surface area contributed by atoms with Crippen molar-refractivity contribution in [3.63, 3.8) is 0 Å². The zero-order valence-corrected chi connectivity index (χ0v) is 16.5. The van der Waals surface area contributed by atoms with Gasteiger partial charge in [-0.25, -0.2) is 0 Å². The van der Waals surface area contributed by atoms with Gasteiger partial charge in [0, 0.05) is 36.9 Å². The first-order valence-corrected chi connectivity index (χ1v) is 9.60. The molecule has 0 radical (unpaired) electrons. The summed E-state index contributed by atoms with van der Waals surface area (Å²) in [5.41, 5.74) is 8.89. The highest BCUT2D eigenvalue weighted by Gasteiger charge is 2.60. The van der Waals surface area contributed by atoms with Gasteiger partial charge in [-0.3, -0.25) is 0 Å². The van der Waals surface area contributed by atoms with E-state index in [2.05, 4.69) is 87.9 Å². The molecule has 0 N–H and O–H groups in total. The van der Waals surface area contributed by atoms with Gasteiger partial charge >= 0.3 is 0 Å². The fraction of sp³-hybridized carbons (Fsp3) is 0.478. The third-order valence-corrected chi connectivity index (χ3v) is 7.17. The quantitative estimate of drug-likeness (QED) is 0.777. The molecule has 0 amide bonds. The molecule has 4 rings (SSSR count). The van der Waals surface area contributed by atoms with Gasteiger partial charge in [0.1, 0.15) is 0 Å². The number of nitrogens with zero attached hydrogens (tertiary/aromatic N) is 2. The van der Waals surface area contributed by atoms with Crippen LogP contribution in [0.2, 0.25) is 0 Å². The van der Waals surface area contributed by atoms with Crippen LogP contribution in [-0.2, 0) is 17.4 Å². The predicted octanol–water partition coefficient (Wildman–Crippen LogP) is 5.02. The first-order chi connectivity index (χ1) is 11.9. The molecule has 1 aliphatic heterocycles. The summed E-state index contributed by atoms with van der Waals surface area (Å²) >= 11 is 0. The van der Waals surface area contributed by atoms with Gasteiger partial charge in [-0.05, 0) is 68.5 Å². The summed E-state index contributed by atoms with van der Waals surface area (Å²) in [5.74, 6) is 0. The smallest absolute Gasteiger partial charge is 0.0722 e. The number of aryl methyl sites for hydroxylation is 1. The Balaban J connectivity index is 1.96. The van der Waals surface area contributed by atoms with E-state index in [0.29, 0.717) is 0 Å². The molecule has 2 nitrogen and oxygen atoms in total. The van der Waals surface area contributed by atoms with Crippen molar-refractivity contribution in [1.29, 1.82) is 0 Å². The molecule has 2 aromatic rings. The van der Waals surface area contributed by atoms with E-state index in [1.54, 1.807) is 0 Å². The van der Waals surface area contributed by atoms with Crippen molar-refractivity contribution >= 4 is 11.4 Å². The number of benzene rings is 2. The summed E-state index contributed by atoms with van der Waals surface area (Å²) in [7, 11) is 2.29. The minimum Gasteiger partial charge on any atom is -0.372 e. The molecule has 2 atom stereocenters. The second-order valence-corrected chi connectivity index (χ2v) is 8.13. The second-order valence-electron chi connectivity index (χ2n) is 8.13. The maximum Gasteiger partial charge on any atom is 0.0722 e. The number of rotatable bonds is 3. The third-order valence-electron chi connectivity index (χ3n) is 7.17. The molecule has 132 valence electrons. The van der Waals surface area contributed by atoms with Gasteiger partial charge in [-0.1, -0.05) is 31.2 Å². The molecule has 0 fully saturated rings. The van der Waals surface area contributed by atoms with Crippen LogP contribution >= 0.6 is 0 Å². The molecule has 0 spiro atoms. The summed E-state index contributed by atoms with van der Waals surface area (Å²) in [4.78, 5) is 5.02. The Labute approximate surface area is 152 Å². The van der Waals surface area contributed by atoms with Gasteiger partial charge in [0.15, 0.2) is 0 Å². The molecule has 25 heavy (non-hydrogen) atoms. The van der Waals surface area contributed by atoms with Gasteiger partial charge in [0.2, 0.25) is 0 Å². The first-order valence-electron chi connectivity index (χ1n) is 9.60. The van der Waals surface area contributed by atoms with E-state index in [9.17, 15) is 0 Å². The van der Waals surface area contributed by atoms with Gasteiger partial charge in [-0.15, -0.1) is 0 Å². The Kier molecular flexibility index (Phi) is 3.48. The summed E-state index contributed by atoms with van der Waals surface area (Å²) in [6.45, 7) is 13.8. The SMILES string of the molecule is CCN(CC)c1cc(C)c2c(c1)[C@@]1(C)Cc3ccccc3[C@@]1(C)N2C. The van der Waals surface area contributed by atoms with Crippen molar-refractivity contribution in [3.05, 3.63) is 58.7 Å². The van der Waals surface area contributed by atoms with Crippen LogP contribution in [0.1, 0.15) is 49.9 Å². The Morgan fingerprint density at radius 1 is 1.04 bits per heavy atom. The average molecular weight is 335 g/mol. The molecule has 0 unspecified atom stereocenters. The maximum atomic E-state index is 2.55. The van der Waals surface area contributed by atoms with Crippen molar-refractivity contribution in [2.24, 2.45) is 0 Å². The Morgan fingerprint density at radius 3 is 2.40 bits per heavy atom. The van der Waals surface area contributed by atoms with Crippen molar-refractivity contribution in [2.75, 3.05) is 29.9 Å². The lowest BCUT2D eigenvalue weighted by Crippen LogP contribution is -2.47. The van der Waals surface area contributed by atoms with Crippen LogP contribution in [0.5, 0.6) is 0 Å². The number of likely N-dealkylation sites (N-methyl/N-ethyl adjacent to an activating group) is 1. The lowest BCUT2D eigenvalue weighted by molar-refractivity contribution is 0.305. The van der Waals surface area contributed by atoms with Crippen molar-refractivity contribution in [2.45, 2.75) is 52.0 Å². The molecule has 0 saturated heterocycles. The molecule has 1 heterocycles. The van der Waals surface area contributed by atoms with Crippen LogP contribution < -0.4 is 9.80 Å². The van der Waals surface area contributed by atoms with Crippen molar-refractivity contribution in [3.8, 4) is 0 Å². The fourth-order valence-corrected chi connectivity index (χ4v) is 5.53. The van der Waals surface area contributed by atoms with Crippen LogP contribution in [0.4, 0.5) is 11.4 Å². The minimum absolute atomic E-state index is 0.0264. The first kappa shape index (κ1) is 16.5. The Morgan fingerprint density at radius 2 is 1.72 bits per heavy atom. The lowest BCUT2D eigenvalue weighted by Gasteiger charge is -2.41. The van der Waals surface area contributed by atoms with Gasteiger partial charge in [0.25, 0.3) is 0 Å². The molecule has 1 aliphatic carbocycles. The number of hydrogen-bond acceptors (Lipinski definition) is 2. The summed E-state index contributed by atoms with van der Waals surface area (Å²) in [6, 6.07) is 13.9. The highest BCUT2D eigenvalue weighted by molar-refractivity contribution is 5.77. The normalized spacial score (nSPS) is 26.4. The van der Waals surface area contributed by atoms with Crippen LogP contribution in [0.3, 0.4) is 0 Å². The minimum atomic E-state index is 0.0264. The lowest BCUT2D eigenvalue weighted by atomic mass is 9.70. The van der Waals surface area contributed by atoms with Crippen LogP contribution in [-0.4, -0.2) is 20.1 Å². The van der Waals surface area contributed by atoms with Gasteiger partial charge in [0.05, 0.1) is 5.54 Å². The highest BCUT2D eigenvalue weighted by Crippen LogP contribution is 2.63. The van der Waals surface area contributed by atoms with Crippen molar-refractivity contribution < 1.29 is 0 Å². The predicted molar refractivity (Wildman–Crippen MR) is 108 cm³/mol. The molecular weight excluding hydrogens is 304 g/mol. The summed E-state index contributed by atoms with van der Waals surface area (Å²) in [5, 5.41) is 0.